The standard InChI is InChI=1S/C39H57FO7/c1-6-11-19-42-27-35-36(43-20-12-7-2)37(44-21-13-8-3)38(45-22-14-9-4)39(47-35)32-25-31(33(40)24-30(32)26-46-39)34(41)23-29-17-15-28(10-5)16-18-29/h15-18,24-25,35-38H,6-14,19-23,26-27H2,1-5H3/t35-,36-,37+,38-,39+/m1/s1. The molecule has 1 spiro atoms. The minimum absolute atomic E-state index is 0.0182. The molecule has 0 bridgehead atoms. The van der Waals surface area contributed by atoms with E-state index in [0.717, 1.165) is 63.4 Å². The third kappa shape index (κ3) is 9.49. The van der Waals surface area contributed by atoms with Gasteiger partial charge in [-0.1, -0.05) is 84.6 Å². The van der Waals surface area contributed by atoms with Crippen molar-refractivity contribution in [1.29, 1.82) is 0 Å². The summed E-state index contributed by atoms with van der Waals surface area (Å²) in [7, 11) is 0. The van der Waals surface area contributed by atoms with Gasteiger partial charge in [-0.15, -0.1) is 0 Å². The molecule has 0 saturated carbocycles. The topological polar surface area (TPSA) is 72.5 Å². The largest absolute Gasteiger partial charge is 0.379 e. The van der Waals surface area contributed by atoms with Gasteiger partial charge in [-0.05, 0) is 60.9 Å². The number of halogens is 1. The molecule has 7 nitrogen and oxygen atoms in total. The highest BCUT2D eigenvalue weighted by molar-refractivity contribution is 5.98. The van der Waals surface area contributed by atoms with Crippen LogP contribution >= 0.6 is 0 Å². The lowest BCUT2D eigenvalue weighted by atomic mass is 9.85. The Labute approximate surface area is 281 Å². The molecule has 0 radical (unpaired) electrons. The molecule has 0 N–H and O–H groups in total. The molecule has 8 heteroatoms. The molecule has 2 aromatic rings. The fourth-order valence-electron chi connectivity index (χ4n) is 6.25. The van der Waals surface area contributed by atoms with Crippen LogP contribution in [0.4, 0.5) is 4.39 Å². The van der Waals surface area contributed by atoms with Gasteiger partial charge in [-0.25, -0.2) is 4.39 Å². The van der Waals surface area contributed by atoms with E-state index in [1.54, 1.807) is 6.07 Å². The maximum Gasteiger partial charge on any atom is 0.225 e. The molecular formula is C39H57FO7. The number of fused-ring (bicyclic) bond motifs is 2. The van der Waals surface area contributed by atoms with E-state index in [0.29, 0.717) is 37.6 Å². The zero-order valence-electron chi connectivity index (χ0n) is 29.3. The van der Waals surface area contributed by atoms with E-state index in [1.807, 2.05) is 24.3 Å². The zero-order chi connectivity index (χ0) is 33.6. The Morgan fingerprint density at radius 1 is 0.809 bits per heavy atom. The van der Waals surface area contributed by atoms with Crippen LogP contribution in [0.15, 0.2) is 36.4 Å². The number of carbonyl (C=O) groups excluding carboxylic acids is 1. The summed E-state index contributed by atoms with van der Waals surface area (Å²) in [6.45, 7) is 13.2. The lowest BCUT2D eigenvalue weighted by molar-refractivity contribution is -0.384. The van der Waals surface area contributed by atoms with Crippen LogP contribution in [0.25, 0.3) is 0 Å². The van der Waals surface area contributed by atoms with Gasteiger partial charge in [-0.2, -0.15) is 0 Å². The Bertz CT molecular complexity index is 1230. The van der Waals surface area contributed by atoms with Crippen molar-refractivity contribution in [2.75, 3.05) is 33.0 Å². The van der Waals surface area contributed by atoms with Crippen LogP contribution in [0.1, 0.15) is 119 Å². The van der Waals surface area contributed by atoms with E-state index in [9.17, 15) is 4.79 Å². The number of aryl methyl sites for hydroxylation is 1. The van der Waals surface area contributed by atoms with Gasteiger partial charge in [0.1, 0.15) is 30.2 Å². The fraction of sp³-hybridized carbons (Fsp3) is 0.667. The number of hydrogen-bond donors (Lipinski definition) is 0. The number of hydrogen-bond acceptors (Lipinski definition) is 7. The lowest BCUT2D eigenvalue weighted by Crippen LogP contribution is -2.66. The van der Waals surface area contributed by atoms with Crippen molar-refractivity contribution in [1.82, 2.24) is 0 Å². The van der Waals surface area contributed by atoms with Crippen LogP contribution in [-0.2, 0) is 53.7 Å². The van der Waals surface area contributed by atoms with Gasteiger partial charge in [-0.3, -0.25) is 4.79 Å². The normalized spacial score (nSPS) is 23.8. The molecule has 0 amide bonds. The van der Waals surface area contributed by atoms with Crippen molar-refractivity contribution < 1.29 is 37.6 Å². The maximum absolute atomic E-state index is 15.6. The summed E-state index contributed by atoms with van der Waals surface area (Å²) in [6.07, 6.45) is 6.27. The molecule has 2 aromatic carbocycles. The van der Waals surface area contributed by atoms with Crippen molar-refractivity contribution >= 4 is 5.78 Å². The molecule has 4 rings (SSSR count). The molecule has 47 heavy (non-hydrogen) atoms. The first-order valence-electron chi connectivity index (χ1n) is 18.1. The van der Waals surface area contributed by atoms with E-state index < -0.39 is 36.0 Å². The Kier molecular flexibility index (Phi) is 15.3. The summed E-state index contributed by atoms with van der Waals surface area (Å²) < 4.78 is 55.2. The van der Waals surface area contributed by atoms with Crippen LogP contribution in [0, 0.1) is 5.82 Å². The number of rotatable bonds is 21. The first kappa shape index (κ1) is 37.6. The highest BCUT2D eigenvalue weighted by atomic mass is 19.1. The first-order valence-corrected chi connectivity index (χ1v) is 18.1. The van der Waals surface area contributed by atoms with Crippen molar-refractivity contribution in [2.24, 2.45) is 0 Å². The van der Waals surface area contributed by atoms with E-state index in [2.05, 4.69) is 34.6 Å². The van der Waals surface area contributed by atoms with E-state index >= 15 is 4.39 Å². The minimum Gasteiger partial charge on any atom is -0.379 e. The van der Waals surface area contributed by atoms with E-state index in [-0.39, 0.29) is 31.0 Å². The molecule has 2 heterocycles. The second-order valence-electron chi connectivity index (χ2n) is 12.8. The highest BCUT2D eigenvalue weighted by Gasteiger charge is 2.61. The monoisotopic (exact) mass is 656 g/mol. The Hall–Kier alpha value is -2.20. The van der Waals surface area contributed by atoms with Crippen LogP contribution in [0.2, 0.25) is 0 Å². The maximum atomic E-state index is 15.6. The van der Waals surface area contributed by atoms with Gasteiger partial charge in [0.25, 0.3) is 0 Å². The number of carbonyl (C=O) groups is 1. The summed E-state index contributed by atoms with van der Waals surface area (Å²) in [4.78, 5) is 13.6. The average Bonchev–Trinajstić information content (AvgIpc) is 3.42. The molecular weight excluding hydrogens is 599 g/mol. The molecule has 262 valence electrons. The molecule has 0 aromatic heterocycles. The molecule has 0 aliphatic carbocycles. The smallest absolute Gasteiger partial charge is 0.225 e. The highest BCUT2D eigenvalue weighted by Crippen LogP contribution is 2.49. The van der Waals surface area contributed by atoms with Crippen LogP contribution < -0.4 is 0 Å². The van der Waals surface area contributed by atoms with Crippen molar-refractivity contribution in [3.8, 4) is 0 Å². The number of unbranched alkanes of at least 4 members (excludes halogenated alkanes) is 4. The molecule has 1 saturated heterocycles. The fourth-order valence-corrected chi connectivity index (χ4v) is 6.25. The summed E-state index contributed by atoms with van der Waals surface area (Å²) in [5.74, 6) is -2.28. The summed E-state index contributed by atoms with van der Waals surface area (Å²) in [5.41, 5.74) is 3.30. The minimum atomic E-state index is -1.42. The second kappa shape index (κ2) is 19.1. The summed E-state index contributed by atoms with van der Waals surface area (Å²) >= 11 is 0. The third-order valence-corrected chi connectivity index (χ3v) is 9.13. The van der Waals surface area contributed by atoms with Crippen molar-refractivity contribution in [3.05, 3.63) is 70.0 Å². The number of ether oxygens (including phenoxy) is 6. The Morgan fingerprint density at radius 3 is 2.04 bits per heavy atom. The van der Waals surface area contributed by atoms with Crippen LogP contribution in [-0.4, -0.2) is 63.2 Å². The average molecular weight is 657 g/mol. The third-order valence-electron chi connectivity index (χ3n) is 9.13. The predicted octanol–water partition coefficient (Wildman–Crippen LogP) is 8.27. The van der Waals surface area contributed by atoms with E-state index in [4.69, 9.17) is 28.4 Å². The molecule has 0 unspecified atom stereocenters. The Morgan fingerprint density at radius 2 is 1.40 bits per heavy atom. The van der Waals surface area contributed by atoms with Gasteiger partial charge >= 0.3 is 0 Å². The predicted molar refractivity (Wildman–Crippen MR) is 181 cm³/mol. The lowest BCUT2D eigenvalue weighted by Gasteiger charge is -2.51. The van der Waals surface area contributed by atoms with Gasteiger partial charge in [0, 0.05) is 38.4 Å². The summed E-state index contributed by atoms with van der Waals surface area (Å²) in [6, 6.07) is 11.0. The summed E-state index contributed by atoms with van der Waals surface area (Å²) in [5, 5.41) is 0. The van der Waals surface area contributed by atoms with Gasteiger partial charge in [0.15, 0.2) is 5.78 Å². The van der Waals surface area contributed by atoms with Gasteiger partial charge < -0.3 is 28.4 Å². The second-order valence-corrected chi connectivity index (χ2v) is 12.8. The first-order chi connectivity index (χ1) is 22.9. The SMILES string of the molecule is CCCCOC[C@H]1O[C@]2(OCc3cc(F)c(C(=O)Cc4ccc(CC)cc4)cc32)[C@H](OCCCC)[C@@H](OCCCC)[C@@H]1OCCCC. The zero-order valence-corrected chi connectivity index (χ0v) is 29.3. The number of ketones is 1. The number of benzene rings is 2. The van der Waals surface area contributed by atoms with Crippen LogP contribution in [0.3, 0.4) is 0 Å². The van der Waals surface area contributed by atoms with Crippen LogP contribution in [0.5, 0.6) is 0 Å². The Balaban J connectivity index is 1.75. The molecule has 5 atom stereocenters. The van der Waals surface area contributed by atoms with E-state index in [1.165, 1.54) is 11.6 Å². The van der Waals surface area contributed by atoms with Gasteiger partial charge in [0.2, 0.25) is 5.79 Å². The molecule has 2 aliphatic rings. The van der Waals surface area contributed by atoms with Crippen molar-refractivity contribution in [3.63, 3.8) is 0 Å². The molecule has 2 aliphatic heterocycles. The quantitative estimate of drug-likeness (QED) is 0.0990. The van der Waals surface area contributed by atoms with Crippen molar-refractivity contribution in [2.45, 2.75) is 136 Å². The number of Topliss-reactive ketones (excluding diaryl/α,β-unsaturated/α-hetero) is 1. The molecule has 1 fully saturated rings. The van der Waals surface area contributed by atoms with Gasteiger partial charge in [0.05, 0.1) is 18.8 Å².